The SMILES string of the molecule is CCCNC(CCc1ccsc1)c1ccc2c(c1)COC2. The Morgan fingerprint density at radius 1 is 1.24 bits per heavy atom. The van der Waals surface area contributed by atoms with Crippen molar-refractivity contribution in [2.75, 3.05) is 6.54 Å². The number of nitrogens with one attached hydrogen (secondary N) is 1. The van der Waals surface area contributed by atoms with Crippen molar-refractivity contribution in [1.82, 2.24) is 5.32 Å². The minimum Gasteiger partial charge on any atom is -0.372 e. The van der Waals surface area contributed by atoms with Crippen LogP contribution in [0, 0.1) is 0 Å². The number of rotatable bonds is 7. The highest BCUT2D eigenvalue weighted by Crippen LogP contribution is 2.26. The molecule has 2 nitrogen and oxygen atoms in total. The minimum absolute atomic E-state index is 0.441. The average molecular weight is 301 g/mol. The molecule has 0 amide bonds. The fourth-order valence-electron chi connectivity index (χ4n) is 2.86. The first-order valence-electron chi connectivity index (χ1n) is 7.80. The molecule has 112 valence electrons. The largest absolute Gasteiger partial charge is 0.372 e. The summed E-state index contributed by atoms with van der Waals surface area (Å²) in [5.41, 5.74) is 5.58. The summed E-state index contributed by atoms with van der Waals surface area (Å²) >= 11 is 1.78. The van der Waals surface area contributed by atoms with Crippen LogP contribution in [0.2, 0.25) is 0 Å². The van der Waals surface area contributed by atoms with Gasteiger partial charge in [-0.15, -0.1) is 0 Å². The topological polar surface area (TPSA) is 21.3 Å². The third-order valence-corrected chi connectivity index (χ3v) is 4.82. The Hall–Kier alpha value is -1.16. The zero-order valence-electron chi connectivity index (χ0n) is 12.6. The van der Waals surface area contributed by atoms with Crippen LogP contribution < -0.4 is 5.32 Å². The molecule has 1 aliphatic rings. The molecule has 1 aromatic heterocycles. The lowest BCUT2D eigenvalue weighted by Gasteiger charge is -2.19. The average Bonchev–Trinajstić information content (AvgIpc) is 3.17. The van der Waals surface area contributed by atoms with Gasteiger partial charge in [-0.3, -0.25) is 0 Å². The van der Waals surface area contributed by atoms with Crippen LogP contribution in [0.1, 0.15) is 48.1 Å². The highest BCUT2D eigenvalue weighted by atomic mass is 32.1. The molecule has 0 aliphatic carbocycles. The molecule has 0 spiro atoms. The normalized spacial score (nSPS) is 15.1. The van der Waals surface area contributed by atoms with Gasteiger partial charge in [-0.05, 0) is 64.9 Å². The van der Waals surface area contributed by atoms with E-state index in [0.29, 0.717) is 6.04 Å². The second-order valence-corrected chi connectivity index (χ2v) is 6.48. The third-order valence-electron chi connectivity index (χ3n) is 4.09. The highest BCUT2D eigenvalue weighted by Gasteiger charge is 2.16. The molecule has 0 radical (unpaired) electrons. The Balaban J connectivity index is 1.71. The molecule has 3 rings (SSSR count). The van der Waals surface area contributed by atoms with Crippen molar-refractivity contribution in [1.29, 1.82) is 0 Å². The summed E-state index contributed by atoms with van der Waals surface area (Å²) in [4.78, 5) is 0. The van der Waals surface area contributed by atoms with Crippen molar-refractivity contribution in [2.45, 2.75) is 45.4 Å². The molecule has 0 saturated carbocycles. The molecule has 2 aromatic rings. The molecule has 0 fully saturated rings. The zero-order valence-corrected chi connectivity index (χ0v) is 13.4. The van der Waals surface area contributed by atoms with Crippen LogP contribution in [-0.2, 0) is 24.4 Å². The summed E-state index contributed by atoms with van der Waals surface area (Å²) < 4.78 is 5.53. The van der Waals surface area contributed by atoms with Crippen molar-refractivity contribution in [3.8, 4) is 0 Å². The van der Waals surface area contributed by atoms with Gasteiger partial charge in [0, 0.05) is 6.04 Å². The van der Waals surface area contributed by atoms with Gasteiger partial charge in [-0.1, -0.05) is 25.1 Å². The summed E-state index contributed by atoms with van der Waals surface area (Å²) in [5.74, 6) is 0. The summed E-state index contributed by atoms with van der Waals surface area (Å²) in [7, 11) is 0. The number of thiophene rings is 1. The van der Waals surface area contributed by atoms with E-state index in [2.05, 4.69) is 47.3 Å². The van der Waals surface area contributed by atoms with Gasteiger partial charge in [0.1, 0.15) is 0 Å². The van der Waals surface area contributed by atoms with E-state index >= 15 is 0 Å². The predicted molar refractivity (Wildman–Crippen MR) is 88.6 cm³/mol. The monoisotopic (exact) mass is 301 g/mol. The van der Waals surface area contributed by atoms with E-state index in [1.54, 1.807) is 11.3 Å². The van der Waals surface area contributed by atoms with E-state index in [1.165, 1.54) is 28.7 Å². The van der Waals surface area contributed by atoms with Crippen molar-refractivity contribution >= 4 is 11.3 Å². The van der Waals surface area contributed by atoms with E-state index in [1.807, 2.05) is 0 Å². The van der Waals surface area contributed by atoms with Gasteiger partial charge in [0.05, 0.1) is 13.2 Å². The molecule has 0 bridgehead atoms. The van der Waals surface area contributed by atoms with Gasteiger partial charge < -0.3 is 10.1 Å². The number of hydrogen-bond acceptors (Lipinski definition) is 3. The Morgan fingerprint density at radius 3 is 2.95 bits per heavy atom. The Bertz CT molecular complexity index is 565. The second-order valence-electron chi connectivity index (χ2n) is 5.70. The molecule has 3 heteroatoms. The van der Waals surface area contributed by atoms with Gasteiger partial charge in [-0.25, -0.2) is 0 Å². The van der Waals surface area contributed by atoms with Gasteiger partial charge >= 0.3 is 0 Å². The molecule has 21 heavy (non-hydrogen) atoms. The van der Waals surface area contributed by atoms with Crippen LogP contribution >= 0.6 is 11.3 Å². The first-order valence-corrected chi connectivity index (χ1v) is 8.75. The summed E-state index contributed by atoms with van der Waals surface area (Å²) in [5, 5.41) is 8.12. The number of hydrogen-bond donors (Lipinski definition) is 1. The van der Waals surface area contributed by atoms with Gasteiger partial charge in [0.15, 0.2) is 0 Å². The summed E-state index contributed by atoms with van der Waals surface area (Å²) in [6, 6.07) is 9.52. The standard InChI is InChI=1S/C18H23NOS/c1-2-8-19-18(6-3-14-7-9-21-13-14)15-4-5-16-11-20-12-17(16)10-15/h4-5,7,9-10,13,18-19H,2-3,6,8,11-12H2,1H3. The molecule has 1 N–H and O–H groups in total. The number of fused-ring (bicyclic) bond motifs is 1. The van der Waals surface area contributed by atoms with Crippen LogP contribution in [0.3, 0.4) is 0 Å². The Labute approximate surface area is 131 Å². The van der Waals surface area contributed by atoms with Crippen LogP contribution in [0.25, 0.3) is 0 Å². The maximum absolute atomic E-state index is 5.53. The molecular weight excluding hydrogens is 278 g/mol. The van der Waals surface area contributed by atoms with E-state index in [4.69, 9.17) is 4.74 Å². The molecular formula is C18H23NOS. The first kappa shape index (κ1) is 14.8. The smallest absolute Gasteiger partial charge is 0.0725 e. The maximum atomic E-state index is 5.53. The number of benzene rings is 1. The van der Waals surface area contributed by atoms with E-state index < -0.39 is 0 Å². The summed E-state index contributed by atoms with van der Waals surface area (Å²) in [6.07, 6.45) is 3.46. The number of aryl methyl sites for hydroxylation is 1. The number of ether oxygens (including phenoxy) is 1. The van der Waals surface area contributed by atoms with E-state index in [-0.39, 0.29) is 0 Å². The predicted octanol–water partition coefficient (Wildman–Crippen LogP) is 4.45. The van der Waals surface area contributed by atoms with Crippen molar-refractivity contribution in [3.05, 3.63) is 57.3 Å². The van der Waals surface area contributed by atoms with Gasteiger partial charge in [0.2, 0.25) is 0 Å². The lowest BCUT2D eigenvalue weighted by atomic mass is 9.96. The molecule has 1 aliphatic heterocycles. The van der Waals surface area contributed by atoms with Gasteiger partial charge in [0.25, 0.3) is 0 Å². The highest BCUT2D eigenvalue weighted by molar-refractivity contribution is 7.07. The second kappa shape index (κ2) is 7.21. The fraction of sp³-hybridized carbons (Fsp3) is 0.444. The van der Waals surface area contributed by atoms with Crippen LogP contribution in [0.15, 0.2) is 35.0 Å². The van der Waals surface area contributed by atoms with E-state index in [9.17, 15) is 0 Å². The van der Waals surface area contributed by atoms with Crippen LogP contribution in [0.4, 0.5) is 0 Å². The van der Waals surface area contributed by atoms with Gasteiger partial charge in [-0.2, -0.15) is 11.3 Å². The zero-order chi connectivity index (χ0) is 14.5. The van der Waals surface area contributed by atoms with Crippen molar-refractivity contribution < 1.29 is 4.74 Å². The Morgan fingerprint density at radius 2 is 2.14 bits per heavy atom. The van der Waals surface area contributed by atoms with Crippen molar-refractivity contribution in [3.63, 3.8) is 0 Å². The first-order chi connectivity index (χ1) is 10.4. The van der Waals surface area contributed by atoms with Crippen LogP contribution in [-0.4, -0.2) is 6.54 Å². The molecule has 1 atom stereocenters. The minimum atomic E-state index is 0.441. The summed E-state index contributed by atoms with van der Waals surface area (Å²) in [6.45, 7) is 4.84. The maximum Gasteiger partial charge on any atom is 0.0725 e. The van der Waals surface area contributed by atoms with E-state index in [0.717, 1.165) is 32.6 Å². The Kier molecular flexibility index (Phi) is 5.07. The third kappa shape index (κ3) is 3.73. The molecule has 2 heterocycles. The van der Waals surface area contributed by atoms with Crippen molar-refractivity contribution in [2.24, 2.45) is 0 Å². The lowest BCUT2D eigenvalue weighted by molar-refractivity contribution is 0.134. The fourth-order valence-corrected chi connectivity index (χ4v) is 3.56. The molecule has 0 saturated heterocycles. The molecule has 1 aromatic carbocycles. The molecule has 1 unspecified atom stereocenters. The quantitative estimate of drug-likeness (QED) is 0.815. The van der Waals surface area contributed by atoms with Crippen LogP contribution in [0.5, 0.6) is 0 Å². The lowest BCUT2D eigenvalue weighted by Crippen LogP contribution is -2.22.